The number of benzene rings is 1. The Morgan fingerprint density at radius 2 is 1.96 bits per heavy atom. The summed E-state index contributed by atoms with van der Waals surface area (Å²) < 4.78 is 35.8. The van der Waals surface area contributed by atoms with E-state index in [0.29, 0.717) is 30.4 Å². The summed E-state index contributed by atoms with van der Waals surface area (Å²) in [5, 5.41) is 3.57. The summed E-state index contributed by atoms with van der Waals surface area (Å²) in [5.74, 6) is 1.04. The Bertz CT molecular complexity index is 629. The van der Waals surface area contributed by atoms with Crippen molar-refractivity contribution in [1.82, 2.24) is 4.90 Å². The molecule has 27 heavy (non-hydrogen) atoms. The summed E-state index contributed by atoms with van der Waals surface area (Å²) in [6, 6.07) is 6.04. The van der Waals surface area contributed by atoms with Gasteiger partial charge in [0.2, 0.25) is 0 Å². The average molecular weight is 382 g/mol. The van der Waals surface area contributed by atoms with Crippen LogP contribution in [-0.4, -0.2) is 42.3 Å². The van der Waals surface area contributed by atoms with Gasteiger partial charge in [0.1, 0.15) is 0 Å². The van der Waals surface area contributed by atoms with Crippen LogP contribution in [0, 0.1) is 5.92 Å². The van der Waals surface area contributed by atoms with Gasteiger partial charge in [-0.1, -0.05) is 6.92 Å². The lowest BCUT2D eigenvalue weighted by Gasteiger charge is -2.36. The molecule has 0 radical (unpaired) electrons. The van der Waals surface area contributed by atoms with Gasteiger partial charge in [-0.3, -0.25) is 4.90 Å². The van der Waals surface area contributed by atoms with Gasteiger partial charge >= 0.3 is 6.61 Å². The summed E-state index contributed by atoms with van der Waals surface area (Å²) in [7, 11) is 0. The van der Waals surface area contributed by atoms with Crippen molar-refractivity contribution in [2.75, 3.05) is 18.5 Å². The number of anilines is 1. The molecule has 0 amide bonds. The lowest BCUT2D eigenvalue weighted by Crippen LogP contribution is -2.45. The second kappa shape index (κ2) is 8.21. The summed E-state index contributed by atoms with van der Waals surface area (Å²) in [6.07, 6.45) is 4.48. The Hall–Kier alpha value is -1.56. The van der Waals surface area contributed by atoms with Crippen LogP contribution >= 0.6 is 0 Å². The van der Waals surface area contributed by atoms with Gasteiger partial charge in [0.15, 0.2) is 11.5 Å². The van der Waals surface area contributed by atoms with Crippen molar-refractivity contribution >= 4 is 5.69 Å². The van der Waals surface area contributed by atoms with Crippen LogP contribution in [0.5, 0.6) is 11.5 Å². The molecule has 0 unspecified atom stereocenters. The highest BCUT2D eigenvalue weighted by molar-refractivity contribution is 5.55. The maximum Gasteiger partial charge on any atom is 0.387 e. The maximum atomic E-state index is 12.7. The molecule has 0 bridgehead atoms. The second-order valence-electron chi connectivity index (χ2n) is 8.76. The van der Waals surface area contributed by atoms with Crippen molar-refractivity contribution in [3.8, 4) is 11.5 Å². The van der Waals surface area contributed by atoms with Crippen molar-refractivity contribution in [2.24, 2.45) is 5.92 Å². The largest absolute Gasteiger partial charge is 0.489 e. The molecule has 2 aliphatic rings. The van der Waals surface area contributed by atoms with E-state index >= 15 is 0 Å². The van der Waals surface area contributed by atoms with E-state index < -0.39 is 6.61 Å². The third-order valence-electron chi connectivity index (χ3n) is 5.45. The molecule has 3 rings (SSSR count). The smallest absolute Gasteiger partial charge is 0.387 e. The summed E-state index contributed by atoms with van der Waals surface area (Å²) in [4.78, 5) is 2.55. The third kappa shape index (κ3) is 5.47. The molecule has 1 aromatic carbocycles. The maximum absolute atomic E-state index is 12.7. The SMILES string of the molecule is CC[C@H]1C[C@H](Nc2ccc(OC(F)F)c(OCC3CC3)c2)CN1C(C)(C)C. The molecule has 1 heterocycles. The number of hydrogen-bond acceptors (Lipinski definition) is 4. The van der Waals surface area contributed by atoms with Crippen LogP contribution in [0.4, 0.5) is 14.5 Å². The highest BCUT2D eigenvalue weighted by Gasteiger charge is 2.37. The van der Waals surface area contributed by atoms with Crippen LogP contribution in [0.3, 0.4) is 0 Å². The van der Waals surface area contributed by atoms with Crippen molar-refractivity contribution in [1.29, 1.82) is 0 Å². The molecule has 0 spiro atoms. The fraction of sp³-hybridized carbons (Fsp3) is 0.714. The summed E-state index contributed by atoms with van der Waals surface area (Å²) >= 11 is 0. The first-order chi connectivity index (χ1) is 12.8. The Balaban J connectivity index is 1.69. The average Bonchev–Trinajstić information content (AvgIpc) is 3.32. The normalized spacial score (nSPS) is 23.7. The van der Waals surface area contributed by atoms with Gasteiger partial charge in [0.25, 0.3) is 0 Å². The molecule has 2 fully saturated rings. The van der Waals surface area contributed by atoms with Gasteiger partial charge in [0.05, 0.1) is 6.61 Å². The highest BCUT2D eigenvalue weighted by atomic mass is 19.3. The van der Waals surface area contributed by atoms with Gasteiger partial charge in [0, 0.05) is 35.9 Å². The number of nitrogens with zero attached hydrogens (tertiary/aromatic N) is 1. The zero-order valence-electron chi connectivity index (χ0n) is 16.8. The number of hydrogen-bond donors (Lipinski definition) is 1. The number of ether oxygens (including phenoxy) is 2. The Labute approximate surface area is 161 Å². The topological polar surface area (TPSA) is 33.7 Å². The van der Waals surface area contributed by atoms with E-state index in [1.165, 1.54) is 0 Å². The number of rotatable bonds is 8. The zero-order valence-corrected chi connectivity index (χ0v) is 16.8. The lowest BCUT2D eigenvalue weighted by molar-refractivity contribution is -0.0515. The monoisotopic (exact) mass is 382 g/mol. The minimum absolute atomic E-state index is 0.102. The highest BCUT2D eigenvalue weighted by Crippen LogP contribution is 2.36. The van der Waals surface area contributed by atoms with E-state index in [1.54, 1.807) is 18.2 Å². The first-order valence-corrected chi connectivity index (χ1v) is 10.0. The second-order valence-corrected chi connectivity index (χ2v) is 8.76. The van der Waals surface area contributed by atoms with Gasteiger partial charge in [-0.15, -0.1) is 0 Å². The van der Waals surface area contributed by atoms with Gasteiger partial charge < -0.3 is 14.8 Å². The van der Waals surface area contributed by atoms with E-state index in [2.05, 4.69) is 42.6 Å². The van der Waals surface area contributed by atoms with Gasteiger partial charge in [-0.2, -0.15) is 8.78 Å². The number of halogens is 2. The molecule has 1 aliphatic carbocycles. The molecule has 0 aromatic heterocycles. The Morgan fingerprint density at radius 1 is 1.22 bits per heavy atom. The van der Waals surface area contributed by atoms with E-state index in [-0.39, 0.29) is 11.3 Å². The van der Waals surface area contributed by atoms with Crippen molar-refractivity contribution in [3.05, 3.63) is 18.2 Å². The third-order valence-corrected chi connectivity index (χ3v) is 5.45. The standard InChI is InChI=1S/C21H32F2N2O2/c1-5-17-10-16(12-25(17)21(2,3)4)24-15-8-9-18(27-20(22)23)19(11-15)26-13-14-6-7-14/h8-9,11,14,16-17,20,24H,5-7,10,12-13H2,1-4H3/t16-,17-/m0/s1. The molecular weight excluding hydrogens is 350 g/mol. The predicted molar refractivity (Wildman–Crippen MR) is 104 cm³/mol. The van der Waals surface area contributed by atoms with E-state index in [9.17, 15) is 8.78 Å². The number of nitrogens with one attached hydrogen (secondary N) is 1. The number of alkyl halides is 2. The van der Waals surface area contributed by atoms with Crippen LogP contribution in [0.15, 0.2) is 18.2 Å². The molecule has 1 saturated carbocycles. The predicted octanol–water partition coefficient (Wildman–Crippen LogP) is 5.14. The first-order valence-electron chi connectivity index (χ1n) is 10.0. The van der Waals surface area contributed by atoms with Crippen LogP contribution in [0.1, 0.15) is 53.4 Å². The van der Waals surface area contributed by atoms with Crippen LogP contribution < -0.4 is 14.8 Å². The number of likely N-dealkylation sites (tertiary alicyclic amines) is 1. The van der Waals surface area contributed by atoms with Crippen LogP contribution in [0.2, 0.25) is 0 Å². The van der Waals surface area contributed by atoms with E-state index in [1.807, 2.05) is 0 Å². The lowest BCUT2D eigenvalue weighted by atomic mass is 10.0. The fourth-order valence-electron chi connectivity index (χ4n) is 3.86. The van der Waals surface area contributed by atoms with Crippen LogP contribution in [0.25, 0.3) is 0 Å². The molecule has 152 valence electrons. The zero-order chi connectivity index (χ0) is 19.6. The Kier molecular flexibility index (Phi) is 6.14. The van der Waals surface area contributed by atoms with Crippen LogP contribution in [-0.2, 0) is 0 Å². The molecule has 1 aliphatic heterocycles. The van der Waals surface area contributed by atoms with E-state index in [4.69, 9.17) is 4.74 Å². The molecule has 1 N–H and O–H groups in total. The molecule has 4 nitrogen and oxygen atoms in total. The molecule has 6 heteroatoms. The minimum Gasteiger partial charge on any atom is -0.489 e. The van der Waals surface area contributed by atoms with Gasteiger partial charge in [-0.25, -0.2) is 0 Å². The Morgan fingerprint density at radius 3 is 2.52 bits per heavy atom. The van der Waals surface area contributed by atoms with Crippen molar-refractivity contribution < 1.29 is 18.3 Å². The fourth-order valence-corrected chi connectivity index (χ4v) is 3.86. The van der Waals surface area contributed by atoms with Crippen molar-refractivity contribution in [3.63, 3.8) is 0 Å². The van der Waals surface area contributed by atoms with Gasteiger partial charge in [-0.05, 0) is 64.5 Å². The molecule has 1 aromatic rings. The minimum atomic E-state index is -2.85. The molecule has 1 saturated heterocycles. The van der Waals surface area contributed by atoms with Crippen molar-refractivity contribution in [2.45, 2.75) is 77.6 Å². The first kappa shape index (κ1) is 20.2. The summed E-state index contributed by atoms with van der Waals surface area (Å²) in [6.45, 7) is 7.64. The summed E-state index contributed by atoms with van der Waals surface area (Å²) in [5.41, 5.74) is 1.02. The molecule has 2 atom stereocenters. The quantitative estimate of drug-likeness (QED) is 0.675. The van der Waals surface area contributed by atoms with E-state index in [0.717, 1.165) is 37.9 Å². The molecular formula is C21H32F2N2O2.